The first kappa shape index (κ1) is 33.1. The molecule has 3 amide bonds. The van der Waals surface area contributed by atoms with E-state index in [0.717, 1.165) is 49.4 Å². The minimum atomic E-state index is -0.931. The number of halogens is 3. The van der Waals surface area contributed by atoms with Crippen molar-refractivity contribution in [1.82, 2.24) is 15.1 Å². The molecule has 1 aromatic heterocycles. The lowest BCUT2D eigenvalue weighted by Gasteiger charge is -2.36. The third-order valence-corrected chi connectivity index (χ3v) is 9.76. The van der Waals surface area contributed by atoms with E-state index in [9.17, 15) is 19.2 Å². The molecule has 2 aliphatic heterocycles. The maximum absolute atomic E-state index is 14.0. The molecule has 0 saturated carbocycles. The van der Waals surface area contributed by atoms with Gasteiger partial charge in [-0.2, -0.15) is 0 Å². The molecule has 4 aromatic rings. The normalized spacial score (nSPS) is 16.4. The smallest absolute Gasteiger partial charge is 0.287 e. The molecule has 2 fully saturated rings. The Hall–Kier alpha value is -3.85. The lowest BCUT2D eigenvalue weighted by molar-refractivity contribution is -0.135. The average Bonchev–Trinajstić information content (AvgIpc) is 3.07. The highest BCUT2D eigenvalue weighted by Gasteiger charge is 2.32. The Balaban J connectivity index is 1.19. The minimum absolute atomic E-state index is 0.0429. The second-order valence-electron chi connectivity index (χ2n) is 12.2. The van der Waals surface area contributed by atoms with E-state index in [4.69, 9.17) is 39.2 Å². The van der Waals surface area contributed by atoms with Gasteiger partial charge in [0.2, 0.25) is 11.8 Å². The van der Waals surface area contributed by atoms with Gasteiger partial charge in [-0.15, -0.1) is 0 Å². The number of fused-ring (bicyclic) bond motifs is 1. The van der Waals surface area contributed by atoms with E-state index in [1.54, 1.807) is 17.0 Å². The van der Waals surface area contributed by atoms with Gasteiger partial charge in [-0.05, 0) is 72.6 Å². The second-order valence-corrected chi connectivity index (χ2v) is 13.4. The molecular formula is C36H34Cl3N3O5. The fraction of sp³-hybridized carbons (Fsp3) is 0.333. The average molecular weight is 695 g/mol. The number of nitrogens with one attached hydrogen (secondary N) is 1. The Bertz CT molecular complexity index is 1870. The molecule has 2 aliphatic rings. The molecule has 1 atom stereocenters. The summed E-state index contributed by atoms with van der Waals surface area (Å²) in [6.07, 6.45) is 4.29. The monoisotopic (exact) mass is 693 g/mol. The number of piperidine rings is 2. The molecule has 0 radical (unpaired) electrons. The van der Waals surface area contributed by atoms with Crippen molar-refractivity contribution in [2.75, 3.05) is 19.6 Å². The number of rotatable bonds is 8. The van der Waals surface area contributed by atoms with Crippen molar-refractivity contribution >= 4 is 63.5 Å². The number of hydrogen-bond acceptors (Lipinski definition) is 5. The van der Waals surface area contributed by atoms with Crippen molar-refractivity contribution in [2.24, 2.45) is 0 Å². The molecule has 3 heterocycles. The summed E-state index contributed by atoms with van der Waals surface area (Å²) in [5.74, 6) is -0.756. The van der Waals surface area contributed by atoms with Crippen molar-refractivity contribution in [3.05, 3.63) is 114 Å². The topological polar surface area (TPSA) is 99.9 Å². The van der Waals surface area contributed by atoms with E-state index in [-0.39, 0.29) is 50.9 Å². The second kappa shape index (κ2) is 14.5. The summed E-state index contributed by atoms with van der Waals surface area (Å²) in [6.45, 7) is 2.40. The number of hydrogen-bond donors (Lipinski definition) is 1. The molecule has 0 aliphatic carbocycles. The molecule has 3 aromatic carbocycles. The van der Waals surface area contributed by atoms with Gasteiger partial charge in [-0.25, -0.2) is 0 Å². The Labute approximate surface area is 287 Å². The quantitative estimate of drug-likeness (QED) is 0.214. The maximum Gasteiger partial charge on any atom is 0.287 e. The highest BCUT2D eigenvalue weighted by Crippen LogP contribution is 2.32. The number of amides is 3. The van der Waals surface area contributed by atoms with E-state index in [0.29, 0.717) is 31.1 Å². The van der Waals surface area contributed by atoms with Crippen LogP contribution in [0.3, 0.4) is 0 Å². The standard InChI is InChI=1S/C36H34Cl3N3O5/c37-25-10-8-22(9-11-25)17-30(40-35(45)32-20-31(43)28-18-26(38)19-29(39)34(28)47-32)36(46)41-15-12-23(13-16-41)27-6-2-1-5-24(27)21-42-14-4-3-7-33(42)44/h1-2,5-6,8-11,18-20,23,30H,3-4,7,12-17,21H2,(H,40,45)/t30-/m0/s1. The molecule has 47 heavy (non-hydrogen) atoms. The summed E-state index contributed by atoms with van der Waals surface area (Å²) >= 11 is 18.4. The first-order valence-corrected chi connectivity index (χ1v) is 16.9. The summed E-state index contributed by atoms with van der Waals surface area (Å²) in [6, 6.07) is 18.4. The van der Waals surface area contributed by atoms with Gasteiger partial charge < -0.3 is 19.5 Å². The largest absolute Gasteiger partial charge is 0.449 e. The summed E-state index contributed by atoms with van der Waals surface area (Å²) in [5, 5.41) is 3.89. The predicted molar refractivity (Wildman–Crippen MR) is 183 cm³/mol. The van der Waals surface area contributed by atoms with Crippen LogP contribution in [0.1, 0.15) is 65.3 Å². The van der Waals surface area contributed by atoms with Gasteiger partial charge in [0, 0.05) is 55.1 Å². The van der Waals surface area contributed by atoms with Crippen molar-refractivity contribution in [3.8, 4) is 0 Å². The van der Waals surface area contributed by atoms with Crippen LogP contribution in [0.25, 0.3) is 11.0 Å². The predicted octanol–water partition coefficient (Wildman–Crippen LogP) is 7.01. The van der Waals surface area contributed by atoms with Gasteiger partial charge in [-0.1, -0.05) is 71.2 Å². The van der Waals surface area contributed by atoms with Gasteiger partial charge in [0.15, 0.2) is 16.8 Å². The first-order chi connectivity index (χ1) is 22.7. The molecule has 11 heteroatoms. The van der Waals surface area contributed by atoms with E-state index in [1.807, 2.05) is 29.2 Å². The highest BCUT2D eigenvalue weighted by molar-refractivity contribution is 6.38. The van der Waals surface area contributed by atoms with Crippen LogP contribution >= 0.6 is 34.8 Å². The van der Waals surface area contributed by atoms with Crippen molar-refractivity contribution in [1.29, 1.82) is 0 Å². The van der Waals surface area contributed by atoms with Crippen molar-refractivity contribution < 1.29 is 18.8 Å². The summed E-state index contributed by atoms with van der Waals surface area (Å²) in [5.41, 5.74) is 2.74. The zero-order valence-corrected chi connectivity index (χ0v) is 27.9. The van der Waals surface area contributed by atoms with Gasteiger partial charge in [0.1, 0.15) is 6.04 Å². The maximum atomic E-state index is 14.0. The van der Waals surface area contributed by atoms with Gasteiger partial charge >= 0.3 is 0 Å². The molecule has 6 rings (SSSR count). The number of nitrogens with zero attached hydrogens (tertiary/aromatic N) is 2. The van der Waals surface area contributed by atoms with Crippen LogP contribution < -0.4 is 10.7 Å². The number of benzene rings is 3. The molecule has 1 N–H and O–H groups in total. The van der Waals surface area contributed by atoms with Crippen LogP contribution in [-0.4, -0.2) is 53.2 Å². The fourth-order valence-corrected chi connectivity index (χ4v) is 7.18. The highest BCUT2D eigenvalue weighted by atomic mass is 35.5. The molecule has 0 bridgehead atoms. The van der Waals surface area contributed by atoms with Crippen LogP contribution in [0, 0.1) is 0 Å². The van der Waals surface area contributed by atoms with Gasteiger partial charge in [0.05, 0.1) is 10.4 Å². The Morgan fingerprint density at radius 2 is 1.64 bits per heavy atom. The van der Waals surface area contributed by atoms with Crippen LogP contribution in [0.5, 0.6) is 0 Å². The molecular weight excluding hydrogens is 661 g/mol. The van der Waals surface area contributed by atoms with Crippen molar-refractivity contribution in [2.45, 2.75) is 57.0 Å². The number of likely N-dealkylation sites (tertiary alicyclic amines) is 2. The van der Waals surface area contributed by atoms with Gasteiger partial charge in [0.25, 0.3) is 5.91 Å². The summed E-state index contributed by atoms with van der Waals surface area (Å²) in [4.78, 5) is 56.6. The zero-order chi connectivity index (χ0) is 33.1. The third-order valence-electron chi connectivity index (χ3n) is 9.01. The Morgan fingerprint density at radius 1 is 0.894 bits per heavy atom. The first-order valence-electron chi connectivity index (χ1n) is 15.8. The van der Waals surface area contributed by atoms with E-state index < -0.39 is 17.4 Å². The van der Waals surface area contributed by atoms with E-state index >= 15 is 0 Å². The van der Waals surface area contributed by atoms with Crippen LogP contribution in [-0.2, 0) is 22.6 Å². The van der Waals surface area contributed by atoms with Crippen LogP contribution in [0.2, 0.25) is 15.1 Å². The summed E-state index contributed by atoms with van der Waals surface area (Å²) in [7, 11) is 0. The molecule has 2 saturated heterocycles. The Morgan fingerprint density at radius 3 is 2.38 bits per heavy atom. The van der Waals surface area contributed by atoms with Crippen LogP contribution in [0.15, 0.2) is 75.9 Å². The number of carbonyl (C=O) groups is 3. The SMILES string of the molecule is O=C(N[C@@H](Cc1ccc(Cl)cc1)C(=O)N1CCC(c2ccccc2CN2CCCCC2=O)CC1)c1cc(=O)c2cc(Cl)cc(Cl)c2o1. The van der Waals surface area contributed by atoms with E-state index in [2.05, 4.69) is 17.4 Å². The lowest BCUT2D eigenvalue weighted by atomic mass is 9.86. The molecule has 0 spiro atoms. The minimum Gasteiger partial charge on any atom is -0.449 e. The van der Waals surface area contributed by atoms with Gasteiger partial charge in [-0.3, -0.25) is 19.2 Å². The lowest BCUT2D eigenvalue weighted by Crippen LogP contribution is -2.51. The third kappa shape index (κ3) is 7.67. The molecule has 8 nitrogen and oxygen atoms in total. The zero-order valence-electron chi connectivity index (χ0n) is 25.6. The van der Waals surface area contributed by atoms with E-state index in [1.165, 1.54) is 17.7 Å². The molecule has 0 unspecified atom stereocenters. The molecule has 244 valence electrons. The Kier molecular flexibility index (Phi) is 10.2. The van der Waals surface area contributed by atoms with Crippen molar-refractivity contribution in [3.63, 3.8) is 0 Å². The number of carbonyl (C=O) groups excluding carboxylic acids is 3. The fourth-order valence-electron chi connectivity index (χ4n) is 6.52. The summed E-state index contributed by atoms with van der Waals surface area (Å²) < 4.78 is 5.75. The van der Waals surface area contributed by atoms with Crippen LogP contribution in [0.4, 0.5) is 0 Å².